The van der Waals surface area contributed by atoms with Crippen molar-refractivity contribution < 1.29 is 35.6 Å². The number of benzene rings is 2. The molecule has 3 aromatic rings. The zero-order chi connectivity index (χ0) is 24.1. The number of nitrogens with zero attached hydrogens (tertiary/aromatic N) is 2. The Morgan fingerprint density at radius 2 is 1.82 bits per heavy atom. The number of aromatic nitrogens is 2. The first-order valence-corrected chi connectivity index (χ1v) is 11.0. The van der Waals surface area contributed by atoms with E-state index in [0.29, 0.717) is 23.5 Å². The molecule has 0 radical (unpaired) electrons. The predicted molar refractivity (Wildman–Crippen MR) is 113 cm³/mol. The van der Waals surface area contributed by atoms with Crippen molar-refractivity contribution >= 4 is 22.2 Å². The molecule has 1 heterocycles. The molecule has 176 valence electrons. The summed E-state index contributed by atoms with van der Waals surface area (Å²) >= 11 is 0. The first kappa shape index (κ1) is 24.3. The second-order valence-corrected chi connectivity index (χ2v) is 8.47. The third-order valence-corrected chi connectivity index (χ3v) is 5.89. The number of hydrogen-bond donors (Lipinski definition) is 1. The van der Waals surface area contributed by atoms with E-state index >= 15 is 0 Å². The summed E-state index contributed by atoms with van der Waals surface area (Å²) in [5.74, 6) is -0.635. The molecule has 0 amide bonds. The lowest BCUT2D eigenvalue weighted by molar-refractivity contribution is -0.159. The van der Waals surface area contributed by atoms with Crippen LogP contribution in [0.4, 0.5) is 13.2 Å². The third-order valence-electron chi connectivity index (χ3n) is 4.43. The summed E-state index contributed by atoms with van der Waals surface area (Å²) in [6, 6.07) is 11.2. The van der Waals surface area contributed by atoms with Crippen LogP contribution in [0.3, 0.4) is 0 Å². The van der Waals surface area contributed by atoms with Gasteiger partial charge in [0, 0.05) is 6.54 Å². The van der Waals surface area contributed by atoms with Crippen LogP contribution in [0.25, 0.3) is 12.2 Å². The van der Waals surface area contributed by atoms with Crippen molar-refractivity contribution in [3.63, 3.8) is 0 Å². The monoisotopic (exact) mass is 483 g/mol. The summed E-state index contributed by atoms with van der Waals surface area (Å²) in [4.78, 5) is 3.22. The quantitative estimate of drug-likeness (QED) is 0.494. The van der Waals surface area contributed by atoms with E-state index in [1.54, 1.807) is 18.2 Å². The molecular weight excluding hydrogens is 463 g/mol. The minimum absolute atomic E-state index is 0.000976. The van der Waals surface area contributed by atoms with Crippen LogP contribution in [0.1, 0.15) is 22.8 Å². The van der Waals surface area contributed by atoms with E-state index < -0.39 is 22.1 Å². The second kappa shape index (κ2) is 10.0. The van der Waals surface area contributed by atoms with Crippen molar-refractivity contribution in [2.75, 3.05) is 20.8 Å². The Balaban J connectivity index is 1.65. The number of sulfonamides is 1. The van der Waals surface area contributed by atoms with Gasteiger partial charge < -0.3 is 14.0 Å². The highest BCUT2D eigenvalue weighted by Crippen LogP contribution is 2.28. The lowest BCUT2D eigenvalue weighted by Crippen LogP contribution is -2.26. The van der Waals surface area contributed by atoms with E-state index in [2.05, 4.69) is 19.4 Å². The molecule has 0 fully saturated rings. The molecule has 12 heteroatoms. The van der Waals surface area contributed by atoms with Crippen LogP contribution in [0.2, 0.25) is 0 Å². The fraction of sp³-hybridized carbons (Fsp3) is 0.238. The average Bonchev–Trinajstić information content (AvgIpc) is 3.27. The minimum Gasteiger partial charge on any atom is -0.493 e. The van der Waals surface area contributed by atoms with Crippen LogP contribution in [0, 0.1) is 0 Å². The fourth-order valence-electron chi connectivity index (χ4n) is 2.82. The Bertz CT molecular complexity index is 1240. The van der Waals surface area contributed by atoms with Gasteiger partial charge in [-0.25, -0.2) is 13.1 Å². The topological polar surface area (TPSA) is 104 Å². The normalized spacial score (nSPS) is 12.3. The summed E-state index contributed by atoms with van der Waals surface area (Å²) in [5, 5.41) is 3.22. The van der Waals surface area contributed by atoms with Crippen LogP contribution < -0.4 is 14.2 Å². The van der Waals surface area contributed by atoms with E-state index in [4.69, 9.17) is 9.47 Å². The van der Waals surface area contributed by atoms with Gasteiger partial charge in [-0.05, 0) is 47.9 Å². The molecule has 1 N–H and O–H groups in total. The first-order valence-electron chi connectivity index (χ1n) is 9.52. The zero-order valence-corrected chi connectivity index (χ0v) is 18.4. The van der Waals surface area contributed by atoms with Gasteiger partial charge in [-0.3, -0.25) is 0 Å². The van der Waals surface area contributed by atoms with Crippen LogP contribution in [-0.4, -0.2) is 39.3 Å². The molecule has 1 aromatic heterocycles. The van der Waals surface area contributed by atoms with E-state index in [1.165, 1.54) is 44.6 Å². The summed E-state index contributed by atoms with van der Waals surface area (Å²) in [6.07, 6.45) is -1.75. The number of ether oxygens (including phenoxy) is 2. The molecule has 0 atom stereocenters. The molecule has 3 rings (SSSR count). The van der Waals surface area contributed by atoms with Crippen molar-refractivity contribution in [2.24, 2.45) is 0 Å². The van der Waals surface area contributed by atoms with Crippen molar-refractivity contribution in [1.82, 2.24) is 14.9 Å². The number of rotatable bonds is 9. The highest BCUT2D eigenvalue weighted by Gasteiger charge is 2.38. The molecule has 0 bridgehead atoms. The molecular formula is C21H20F3N3O5S. The zero-order valence-electron chi connectivity index (χ0n) is 17.6. The van der Waals surface area contributed by atoms with Gasteiger partial charge in [0.1, 0.15) is 0 Å². The molecule has 33 heavy (non-hydrogen) atoms. The lowest BCUT2D eigenvalue weighted by atomic mass is 10.1. The van der Waals surface area contributed by atoms with E-state index in [-0.39, 0.29) is 17.3 Å². The maximum absolute atomic E-state index is 12.6. The lowest BCUT2D eigenvalue weighted by Gasteiger charge is -2.10. The maximum atomic E-state index is 12.6. The Kier molecular flexibility index (Phi) is 7.39. The molecule has 0 aliphatic carbocycles. The van der Waals surface area contributed by atoms with Gasteiger partial charge >= 0.3 is 12.1 Å². The Morgan fingerprint density at radius 3 is 2.48 bits per heavy atom. The fourth-order valence-corrected chi connectivity index (χ4v) is 3.91. The summed E-state index contributed by atoms with van der Waals surface area (Å²) < 4.78 is 79.9. The maximum Gasteiger partial charge on any atom is 0.471 e. The van der Waals surface area contributed by atoms with Crippen LogP contribution in [0.5, 0.6) is 11.5 Å². The summed E-state index contributed by atoms with van der Waals surface area (Å²) in [5.41, 5.74) is 1.28. The highest BCUT2D eigenvalue weighted by atomic mass is 32.2. The Labute approximate surface area is 188 Å². The molecule has 0 saturated heterocycles. The van der Waals surface area contributed by atoms with Gasteiger partial charge in [-0.15, -0.1) is 0 Å². The average molecular weight is 483 g/mol. The molecule has 2 aromatic carbocycles. The van der Waals surface area contributed by atoms with E-state index in [1.807, 2.05) is 6.07 Å². The number of halogens is 3. The van der Waals surface area contributed by atoms with Crippen molar-refractivity contribution in [2.45, 2.75) is 17.5 Å². The van der Waals surface area contributed by atoms with Gasteiger partial charge in [0.2, 0.25) is 10.0 Å². The predicted octanol–water partition coefficient (Wildman–Crippen LogP) is 3.80. The Hall–Kier alpha value is -3.38. The van der Waals surface area contributed by atoms with E-state index in [0.717, 1.165) is 5.56 Å². The molecule has 0 aliphatic rings. The first-order chi connectivity index (χ1) is 15.6. The SMILES string of the molecule is COc1ccc(CCNS(=O)(=O)c2cccc(/C=C/c3noc(C(F)(F)F)n3)c2)cc1OC. The van der Waals surface area contributed by atoms with Crippen LogP contribution in [0.15, 0.2) is 51.9 Å². The smallest absolute Gasteiger partial charge is 0.471 e. The van der Waals surface area contributed by atoms with Gasteiger partial charge in [-0.1, -0.05) is 29.4 Å². The van der Waals surface area contributed by atoms with Gasteiger partial charge in [-0.2, -0.15) is 18.2 Å². The summed E-state index contributed by atoms with van der Waals surface area (Å²) in [7, 11) is -0.780. The minimum atomic E-state index is -4.74. The Morgan fingerprint density at radius 1 is 1.06 bits per heavy atom. The molecule has 8 nitrogen and oxygen atoms in total. The molecule has 0 aliphatic heterocycles. The van der Waals surface area contributed by atoms with Crippen molar-refractivity contribution in [1.29, 1.82) is 0 Å². The molecule has 0 saturated carbocycles. The highest BCUT2D eigenvalue weighted by molar-refractivity contribution is 7.89. The van der Waals surface area contributed by atoms with Gasteiger partial charge in [0.15, 0.2) is 17.3 Å². The molecule has 0 unspecified atom stereocenters. The van der Waals surface area contributed by atoms with Gasteiger partial charge in [0.05, 0.1) is 19.1 Å². The summed E-state index contributed by atoms with van der Waals surface area (Å²) in [6.45, 7) is 0.140. The third kappa shape index (κ3) is 6.33. The van der Waals surface area contributed by atoms with Crippen molar-refractivity contribution in [3.05, 3.63) is 65.3 Å². The van der Waals surface area contributed by atoms with Crippen LogP contribution >= 0.6 is 0 Å². The van der Waals surface area contributed by atoms with E-state index in [9.17, 15) is 21.6 Å². The number of alkyl halides is 3. The number of nitrogens with one attached hydrogen (secondary N) is 1. The van der Waals surface area contributed by atoms with Gasteiger partial charge in [0.25, 0.3) is 0 Å². The molecule has 0 spiro atoms. The number of hydrogen-bond acceptors (Lipinski definition) is 7. The van der Waals surface area contributed by atoms with Crippen LogP contribution in [-0.2, 0) is 22.6 Å². The standard InChI is InChI=1S/C21H20F3N3O5S/c1-30-17-8-6-15(13-18(17)31-2)10-11-25-33(28,29)16-5-3-4-14(12-16)7-9-19-26-20(32-27-19)21(22,23)24/h3-9,12-13,25H,10-11H2,1-2H3/b9-7+. The largest absolute Gasteiger partial charge is 0.493 e. The second-order valence-electron chi connectivity index (χ2n) is 6.70. The van der Waals surface area contributed by atoms with Crippen molar-refractivity contribution in [3.8, 4) is 11.5 Å². The number of methoxy groups -OCH3 is 2.